The SMILES string of the molecule is Cn1nncc1-c1cn(C(CC2CC2)c2ccc(Br)cn2)nn1. The Hall–Kier alpha value is -2.09. The molecule has 0 saturated heterocycles. The molecular formula is C15H16BrN7. The van der Waals surface area contributed by atoms with Crippen LogP contribution in [0, 0.1) is 5.92 Å². The van der Waals surface area contributed by atoms with Crippen molar-refractivity contribution in [3.63, 3.8) is 0 Å². The van der Waals surface area contributed by atoms with E-state index in [0.29, 0.717) is 0 Å². The average Bonchev–Trinajstić information content (AvgIpc) is 3.06. The Bertz CT molecular complexity index is 803. The number of aryl methyl sites for hydroxylation is 1. The second-order valence-electron chi connectivity index (χ2n) is 5.92. The summed E-state index contributed by atoms with van der Waals surface area (Å²) in [5.41, 5.74) is 2.64. The van der Waals surface area contributed by atoms with E-state index >= 15 is 0 Å². The summed E-state index contributed by atoms with van der Waals surface area (Å²) < 4.78 is 4.59. The van der Waals surface area contributed by atoms with Crippen LogP contribution in [0.25, 0.3) is 11.4 Å². The summed E-state index contributed by atoms with van der Waals surface area (Å²) in [4.78, 5) is 4.56. The molecule has 1 aliphatic rings. The molecule has 3 aromatic rings. The summed E-state index contributed by atoms with van der Waals surface area (Å²) in [6.45, 7) is 0. The topological polar surface area (TPSA) is 74.3 Å². The van der Waals surface area contributed by atoms with Gasteiger partial charge >= 0.3 is 0 Å². The lowest BCUT2D eigenvalue weighted by Gasteiger charge is -2.16. The van der Waals surface area contributed by atoms with E-state index in [1.165, 1.54) is 12.8 Å². The van der Waals surface area contributed by atoms with Gasteiger partial charge in [-0.3, -0.25) is 4.98 Å². The molecule has 7 nitrogen and oxygen atoms in total. The van der Waals surface area contributed by atoms with Gasteiger partial charge in [-0.15, -0.1) is 10.2 Å². The number of halogens is 1. The lowest BCUT2D eigenvalue weighted by molar-refractivity contribution is 0.444. The summed E-state index contributed by atoms with van der Waals surface area (Å²) in [6, 6.07) is 4.17. The number of pyridine rings is 1. The number of aromatic nitrogens is 7. The van der Waals surface area contributed by atoms with Crippen LogP contribution < -0.4 is 0 Å². The quantitative estimate of drug-likeness (QED) is 0.686. The van der Waals surface area contributed by atoms with E-state index in [2.05, 4.69) is 41.5 Å². The van der Waals surface area contributed by atoms with Gasteiger partial charge in [-0.05, 0) is 40.4 Å². The maximum absolute atomic E-state index is 4.56. The monoisotopic (exact) mass is 373 g/mol. The van der Waals surface area contributed by atoms with E-state index in [0.717, 1.165) is 33.9 Å². The highest BCUT2D eigenvalue weighted by molar-refractivity contribution is 9.10. The van der Waals surface area contributed by atoms with E-state index in [-0.39, 0.29) is 6.04 Å². The van der Waals surface area contributed by atoms with Gasteiger partial charge in [0.25, 0.3) is 0 Å². The van der Waals surface area contributed by atoms with Crippen molar-refractivity contribution in [1.82, 2.24) is 35.0 Å². The molecule has 23 heavy (non-hydrogen) atoms. The van der Waals surface area contributed by atoms with Crippen LogP contribution in [0.15, 0.2) is 35.2 Å². The van der Waals surface area contributed by atoms with E-state index in [1.807, 2.05) is 36.3 Å². The fourth-order valence-corrected chi connectivity index (χ4v) is 2.92. The smallest absolute Gasteiger partial charge is 0.132 e. The summed E-state index contributed by atoms with van der Waals surface area (Å²) in [7, 11) is 1.85. The molecule has 0 radical (unpaired) electrons. The van der Waals surface area contributed by atoms with Crippen LogP contribution in [-0.2, 0) is 7.05 Å². The second kappa shape index (κ2) is 5.84. The number of rotatable bonds is 5. The van der Waals surface area contributed by atoms with Crippen LogP contribution in [0.1, 0.15) is 31.0 Å². The van der Waals surface area contributed by atoms with Gasteiger partial charge in [0, 0.05) is 17.7 Å². The van der Waals surface area contributed by atoms with Gasteiger partial charge < -0.3 is 0 Å². The van der Waals surface area contributed by atoms with Crippen molar-refractivity contribution in [2.75, 3.05) is 0 Å². The molecule has 4 rings (SSSR count). The van der Waals surface area contributed by atoms with Crippen molar-refractivity contribution in [3.05, 3.63) is 40.9 Å². The van der Waals surface area contributed by atoms with E-state index in [9.17, 15) is 0 Å². The maximum Gasteiger partial charge on any atom is 0.132 e. The number of hydrogen-bond donors (Lipinski definition) is 0. The molecule has 3 aromatic heterocycles. The van der Waals surface area contributed by atoms with Gasteiger partial charge in [0.2, 0.25) is 0 Å². The Kier molecular flexibility index (Phi) is 3.68. The molecule has 0 aliphatic heterocycles. The van der Waals surface area contributed by atoms with Gasteiger partial charge in [-0.1, -0.05) is 23.3 Å². The van der Waals surface area contributed by atoms with Crippen molar-refractivity contribution in [2.45, 2.75) is 25.3 Å². The maximum atomic E-state index is 4.56. The predicted molar refractivity (Wildman–Crippen MR) is 87.4 cm³/mol. The van der Waals surface area contributed by atoms with E-state index in [4.69, 9.17) is 0 Å². The Morgan fingerprint density at radius 2 is 2.13 bits per heavy atom. The van der Waals surface area contributed by atoms with Gasteiger partial charge in [0.15, 0.2) is 0 Å². The zero-order valence-electron chi connectivity index (χ0n) is 12.7. The van der Waals surface area contributed by atoms with Gasteiger partial charge in [0.1, 0.15) is 11.4 Å². The molecule has 1 fully saturated rings. The van der Waals surface area contributed by atoms with Crippen molar-refractivity contribution >= 4 is 15.9 Å². The third kappa shape index (κ3) is 3.03. The number of hydrogen-bond acceptors (Lipinski definition) is 5. The highest BCUT2D eigenvalue weighted by Crippen LogP contribution is 2.38. The average molecular weight is 374 g/mol. The molecule has 118 valence electrons. The third-order valence-corrected chi connectivity index (χ3v) is 4.62. The standard InChI is InChI=1S/C15H16BrN7/c1-22-15(8-18-20-22)13-9-23(21-19-13)14(6-10-2-3-10)12-5-4-11(16)7-17-12/h4-5,7-10,14H,2-3,6H2,1H3. The molecule has 0 aromatic carbocycles. The first kappa shape index (κ1) is 14.5. The van der Waals surface area contributed by atoms with Crippen LogP contribution in [0.5, 0.6) is 0 Å². The first-order valence-corrected chi connectivity index (χ1v) is 8.38. The zero-order chi connectivity index (χ0) is 15.8. The normalized spacial score (nSPS) is 15.7. The van der Waals surface area contributed by atoms with Crippen LogP contribution in [0.3, 0.4) is 0 Å². The Morgan fingerprint density at radius 1 is 1.26 bits per heavy atom. The molecule has 0 N–H and O–H groups in total. The van der Waals surface area contributed by atoms with Crippen LogP contribution in [-0.4, -0.2) is 35.0 Å². The van der Waals surface area contributed by atoms with Crippen molar-refractivity contribution < 1.29 is 0 Å². The summed E-state index contributed by atoms with van der Waals surface area (Å²) in [5.74, 6) is 0.761. The molecule has 1 atom stereocenters. The van der Waals surface area contributed by atoms with E-state index < -0.39 is 0 Å². The van der Waals surface area contributed by atoms with Crippen molar-refractivity contribution in [3.8, 4) is 11.4 Å². The highest BCUT2D eigenvalue weighted by Gasteiger charge is 2.29. The number of nitrogens with zero attached hydrogens (tertiary/aromatic N) is 7. The Morgan fingerprint density at radius 3 is 2.78 bits per heavy atom. The zero-order valence-corrected chi connectivity index (χ0v) is 14.3. The second-order valence-corrected chi connectivity index (χ2v) is 6.84. The van der Waals surface area contributed by atoms with Crippen LogP contribution in [0.4, 0.5) is 0 Å². The van der Waals surface area contributed by atoms with Gasteiger partial charge in [-0.25, -0.2) is 9.36 Å². The molecule has 0 amide bonds. The minimum absolute atomic E-state index is 0.109. The van der Waals surface area contributed by atoms with Gasteiger partial charge in [-0.2, -0.15) is 0 Å². The minimum atomic E-state index is 0.109. The first-order valence-electron chi connectivity index (χ1n) is 7.59. The van der Waals surface area contributed by atoms with Crippen LogP contribution >= 0.6 is 15.9 Å². The molecule has 1 aliphatic carbocycles. The van der Waals surface area contributed by atoms with Gasteiger partial charge in [0.05, 0.1) is 24.1 Å². The lowest BCUT2D eigenvalue weighted by Crippen LogP contribution is -2.14. The molecule has 1 unspecified atom stereocenters. The summed E-state index contributed by atoms with van der Waals surface area (Å²) in [5, 5.41) is 16.5. The predicted octanol–water partition coefficient (Wildman–Crippen LogP) is 2.62. The molecule has 3 heterocycles. The fraction of sp³-hybridized carbons (Fsp3) is 0.400. The summed E-state index contributed by atoms with van der Waals surface area (Å²) >= 11 is 3.44. The van der Waals surface area contributed by atoms with Crippen LogP contribution in [0.2, 0.25) is 0 Å². The first-order chi connectivity index (χ1) is 11.2. The third-order valence-electron chi connectivity index (χ3n) is 4.15. The molecular weight excluding hydrogens is 358 g/mol. The summed E-state index contributed by atoms with van der Waals surface area (Å²) in [6.07, 6.45) is 9.11. The minimum Gasteiger partial charge on any atom is -0.258 e. The molecule has 0 bridgehead atoms. The molecule has 0 spiro atoms. The highest BCUT2D eigenvalue weighted by atomic mass is 79.9. The Balaban J connectivity index is 1.67. The molecule has 8 heteroatoms. The van der Waals surface area contributed by atoms with Crippen molar-refractivity contribution in [1.29, 1.82) is 0 Å². The van der Waals surface area contributed by atoms with E-state index in [1.54, 1.807) is 10.9 Å². The Labute approximate surface area is 141 Å². The lowest BCUT2D eigenvalue weighted by atomic mass is 10.1. The fourth-order valence-electron chi connectivity index (χ4n) is 2.69. The largest absolute Gasteiger partial charge is 0.258 e. The van der Waals surface area contributed by atoms with Crippen molar-refractivity contribution in [2.24, 2.45) is 13.0 Å². The molecule has 1 saturated carbocycles.